The van der Waals surface area contributed by atoms with Crippen LogP contribution in [0.1, 0.15) is 11.1 Å². The molecule has 20 heavy (non-hydrogen) atoms. The lowest BCUT2D eigenvalue weighted by Gasteiger charge is -2.18. The van der Waals surface area contributed by atoms with Crippen molar-refractivity contribution in [2.75, 3.05) is 0 Å². The van der Waals surface area contributed by atoms with E-state index in [2.05, 4.69) is 0 Å². The van der Waals surface area contributed by atoms with Gasteiger partial charge < -0.3 is 4.74 Å². The molecule has 0 spiro atoms. The summed E-state index contributed by atoms with van der Waals surface area (Å²) in [6.07, 6.45) is 2.32. The molecule has 3 rings (SSSR count). The first-order chi connectivity index (χ1) is 9.61. The third-order valence-electron chi connectivity index (χ3n) is 3.08. The smallest absolute Gasteiger partial charge is 0.339 e. The van der Waals surface area contributed by atoms with Gasteiger partial charge in [0.05, 0.1) is 0 Å². The molecule has 0 aliphatic carbocycles. The van der Waals surface area contributed by atoms with Crippen molar-refractivity contribution in [1.29, 1.82) is 0 Å². The molecule has 2 nitrogen and oxygen atoms in total. The topological polar surface area (TPSA) is 26.3 Å². The number of halogens is 2. The largest absolute Gasteiger partial charge is 0.423 e. The number of hydrogen-bond acceptors (Lipinski definition) is 2. The van der Waals surface area contributed by atoms with Crippen molar-refractivity contribution in [1.82, 2.24) is 0 Å². The van der Waals surface area contributed by atoms with E-state index in [-0.39, 0.29) is 5.97 Å². The molecular weight excluding hydrogens is 295 g/mol. The van der Waals surface area contributed by atoms with Gasteiger partial charge in [-0.25, -0.2) is 4.79 Å². The highest BCUT2D eigenvalue weighted by Crippen LogP contribution is 2.31. The van der Waals surface area contributed by atoms with Crippen molar-refractivity contribution in [3.05, 3.63) is 69.2 Å². The molecular formula is C16H10Cl2O2. The molecule has 0 unspecified atom stereocenters. The van der Waals surface area contributed by atoms with Crippen LogP contribution in [0.25, 0.3) is 6.08 Å². The molecule has 0 saturated carbocycles. The fourth-order valence-electron chi connectivity index (χ4n) is 2.10. The molecule has 2 aromatic rings. The zero-order valence-corrected chi connectivity index (χ0v) is 11.9. The highest BCUT2D eigenvalue weighted by molar-refractivity contribution is 6.31. The summed E-state index contributed by atoms with van der Waals surface area (Å²) in [5.41, 5.74) is 2.42. The van der Waals surface area contributed by atoms with Gasteiger partial charge in [-0.3, -0.25) is 0 Å². The van der Waals surface area contributed by atoms with Crippen molar-refractivity contribution in [3.8, 4) is 5.75 Å². The normalized spacial score (nSPS) is 15.9. The second-order valence-corrected chi connectivity index (χ2v) is 5.41. The summed E-state index contributed by atoms with van der Waals surface area (Å²) in [5.74, 6) is 0.252. The van der Waals surface area contributed by atoms with Crippen molar-refractivity contribution >= 4 is 35.2 Å². The maximum atomic E-state index is 12.0. The summed E-state index contributed by atoms with van der Waals surface area (Å²) in [4.78, 5) is 12.0. The number of carbonyl (C=O) groups is 1. The Morgan fingerprint density at radius 3 is 2.45 bits per heavy atom. The SMILES string of the molecule is O=C1Oc2ccc(Cl)cc2C/C1=C\c1ccc(Cl)cc1. The Hall–Kier alpha value is -1.77. The van der Waals surface area contributed by atoms with Gasteiger partial charge in [0.15, 0.2) is 0 Å². The molecule has 0 amide bonds. The molecule has 0 atom stereocenters. The van der Waals surface area contributed by atoms with Crippen LogP contribution in [0.2, 0.25) is 10.0 Å². The van der Waals surface area contributed by atoms with Gasteiger partial charge in [-0.15, -0.1) is 0 Å². The lowest BCUT2D eigenvalue weighted by Crippen LogP contribution is -2.19. The summed E-state index contributed by atoms with van der Waals surface area (Å²) < 4.78 is 5.30. The number of carbonyl (C=O) groups excluding carboxylic acids is 1. The number of ether oxygens (including phenoxy) is 1. The van der Waals surface area contributed by atoms with E-state index in [1.807, 2.05) is 24.3 Å². The predicted molar refractivity (Wildman–Crippen MR) is 80.2 cm³/mol. The standard InChI is InChI=1S/C16H10Cl2O2/c17-13-3-1-10(2-4-13)7-12-8-11-9-14(18)5-6-15(11)20-16(12)19/h1-7,9H,8H2/b12-7+. The first kappa shape index (κ1) is 13.2. The van der Waals surface area contributed by atoms with E-state index >= 15 is 0 Å². The van der Waals surface area contributed by atoms with Crippen LogP contribution in [0.15, 0.2) is 48.0 Å². The van der Waals surface area contributed by atoms with E-state index < -0.39 is 0 Å². The van der Waals surface area contributed by atoms with E-state index in [0.29, 0.717) is 27.8 Å². The summed E-state index contributed by atoms with van der Waals surface area (Å²) in [5, 5.41) is 1.29. The average molecular weight is 305 g/mol. The van der Waals surface area contributed by atoms with Crippen molar-refractivity contribution in [2.24, 2.45) is 0 Å². The molecule has 1 aliphatic rings. The van der Waals surface area contributed by atoms with Gasteiger partial charge in [-0.1, -0.05) is 35.3 Å². The minimum atomic E-state index is -0.324. The van der Waals surface area contributed by atoms with Crippen molar-refractivity contribution in [2.45, 2.75) is 6.42 Å². The van der Waals surface area contributed by atoms with Crippen LogP contribution in [0.5, 0.6) is 5.75 Å². The van der Waals surface area contributed by atoms with Crippen LogP contribution in [-0.2, 0) is 11.2 Å². The van der Waals surface area contributed by atoms with Crippen LogP contribution in [0.3, 0.4) is 0 Å². The molecule has 0 radical (unpaired) electrons. The lowest BCUT2D eigenvalue weighted by atomic mass is 9.99. The first-order valence-corrected chi connectivity index (χ1v) is 6.84. The van der Waals surface area contributed by atoms with Gasteiger partial charge in [-0.2, -0.15) is 0 Å². The molecule has 1 heterocycles. The van der Waals surface area contributed by atoms with Crippen LogP contribution in [-0.4, -0.2) is 5.97 Å². The molecule has 0 N–H and O–H groups in total. The van der Waals surface area contributed by atoms with Crippen LogP contribution in [0.4, 0.5) is 0 Å². The van der Waals surface area contributed by atoms with E-state index in [9.17, 15) is 4.79 Å². The van der Waals surface area contributed by atoms with Crippen molar-refractivity contribution < 1.29 is 9.53 Å². The van der Waals surface area contributed by atoms with Gasteiger partial charge >= 0.3 is 5.97 Å². The fourth-order valence-corrected chi connectivity index (χ4v) is 2.42. The first-order valence-electron chi connectivity index (χ1n) is 6.08. The second kappa shape index (κ2) is 5.31. The number of esters is 1. The van der Waals surface area contributed by atoms with Crippen LogP contribution < -0.4 is 4.74 Å². The lowest BCUT2D eigenvalue weighted by molar-refractivity contribution is -0.130. The zero-order valence-electron chi connectivity index (χ0n) is 10.4. The minimum absolute atomic E-state index is 0.324. The molecule has 0 aromatic heterocycles. The third kappa shape index (κ3) is 2.72. The Morgan fingerprint density at radius 2 is 1.70 bits per heavy atom. The Labute approximate surface area is 126 Å². The Bertz CT molecular complexity index is 703. The number of fused-ring (bicyclic) bond motifs is 1. The van der Waals surface area contributed by atoms with Gasteiger partial charge in [-0.05, 0) is 42.0 Å². The van der Waals surface area contributed by atoms with Gasteiger partial charge in [0.25, 0.3) is 0 Å². The molecule has 4 heteroatoms. The Balaban J connectivity index is 1.95. The molecule has 2 aromatic carbocycles. The zero-order chi connectivity index (χ0) is 14.1. The monoisotopic (exact) mass is 304 g/mol. The minimum Gasteiger partial charge on any atom is -0.423 e. The highest BCUT2D eigenvalue weighted by Gasteiger charge is 2.22. The van der Waals surface area contributed by atoms with Gasteiger partial charge in [0.1, 0.15) is 5.75 Å². The fraction of sp³-hybridized carbons (Fsp3) is 0.0625. The number of rotatable bonds is 1. The van der Waals surface area contributed by atoms with E-state index in [4.69, 9.17) is 27.9 Å². The summed E-state index contributed by atoms with van der Waals surface area (Å²) in [6.45, 7) is 0. The van der Waals surface area contributed by atoms with E-state index in [1.165, 1.54) is 0 Å². The highest BCUT2D eigenvalue weighted by atomic mass is 35.5. The summed E-state index contributed by atoms with van der Waals surface area (Å²) in [6, 6.07) is 12.5. The Kier molecular flexibility index (Phi) is 3.51. The van der Waals surface area contributed by atoms with Crippen molar-refractivity contribution in [3.63, 3.8) is 0 Å². The quantitative estimate of drug-likeness (QED) is 0.439. The second-order valence-electron chi connectivity index (χ2n) is 4.54. The van der Waals surface area contributed by atoms with E-state index in [1.54, 1.807) is 24.3 Å². The molecule has 0 saturated heterocycles. The van der Waals surface area contributed by atoms with Crippen LogP contribution >= 0.6 is 23.2 Å². The average Bonchev–Trinajstić information content (AvgIpc) is 2.42. The maximum Gasteiger partial charge on any atom is 0.339 e. The number of benzene rings is 2. The molecule has 100 valence electrons. The van der Waals surface area contributed by atoms with Gasteiger partial charge in [0.2, 0.25) is 0 Å². The summed E-state index contributed by atoms with van der Waals surface area (Å²) >= 11 is 11.8. The Morgan fingerprint density at radius 1 is 1.00 bits per heavy atom. The van der Waals surface area contributed by atoms with Gasteiger partial charge in [0, 0.05) is 27.6 Å². The molecule has 1 aliphatic heterocycles. The van der Waals surface area contributed by atoms with E-state index in [0.717, 1.165) is 11.1 Å². The predicted octanol–water partition coefficient (Wildman–Crippen LogP) is 4.54. The number of hydrogen-bond donors (Lipinski definition) is 0. The third-order valence-corrected chi connectivity index (χ3v) is 3.57. The summed E-state index contributed by atoms with van der Waals surface area (Å²) in [7, 11) is 0. The molecule has 0 fully saturated rings. The molecule has 0 bridgehead atoms. The maximum absolute atomic E-state index is 12.0. The van der Waals surface area contributed by atoms with Crippen LogP contribution in [0, 0.1) is 0 Å².